The molecule has 4 atom stereocenters. The van der Waals surface area contributed by atoms with E-state index in [1.54, 1.807) is 0 Å². The lowest BCUT2D eigenvalue weighted by molar-refractivity contribution is -0.393. The van der Waals surface area contributed by atoms with Gasteiger partial charge in [-0.1, -0.05) is 4.98 Å². The molecule has 17 heavy (non-hydrogen) atoms. The maximum absolute atomic E-state index is 13.4. The number of aliphatic hydroxyl groups is 2. The second-order valence-corrected chi connectivity index (χ2v) is 3.63. The Morgan fingerprint density at radius 2 is 2.41 bits per heavy atom. The summed E-state index contributed by atoms with van der Waals surface area (Å²) in [5, 5.41) is 28.7. The Kier molecular flexibility index (Phi) is 3.05. The molecular weight excluding hydrogens is 237 g/mol. The van der Waals surface area contributed by atoms with Crippen molar-refractivity contribution < 1.29 is 24.3 Å². The van der Waals surface area contributed by atoms with E-state index in [0.717, 1.165) is 6.20 Å². The number of hydrogen-bond donors (Lipinski definition) is 3. The van der Waals surface area contributed by atoms with Crippen LogP contribution in [-0.4, -0.2) is 50.1 Å². The zero-order chi connectivity index (χ0) is 12.6. The summed E-state index contributed by atoms with van der Waals surface area (Å²) in [4.78, 5) is 15.4. The molecule has 0 amide bonds. The zero-order valence-electron chi connectivity index (χ0n) is 8.49. The maximum atomic E-state index is 13.4. The van der Waals surface area contributed by atoms with Crippen LogP contribution in [0.4, 0.5) is 10.3 Å². The molecule has 0 aliphatic carbocycles. The molecule has 9 heteroatoms. The van der Waals surface area contributed by atoms with Gasteiger partial charge in [0.1, 0.15) is 30.2 Å². The van der Waals surface area contributed by atoms with Gasteiger partial charge in [-0.3, -0.25) is 0 Å². The molecule has 2 heterocycles. The highest BCUT2D eigenvalue weighted by Gasteiger charge is 2.46. The standard InChI is InChI=1S/C8H10FN3O5/c9-5-4(2-13)17-7(6(5)14)3-1-10-8(11-3)12(15)16/h1,4-7,13-14H,2H2,(H,10,11)/t4-,5-,6+,7+/m1/s1. The van der Waals surface area contributed by atoms with Crippen molar-refractivity contribution in [3.05, 3.63) is 22.0 Å². The number of aromatic nitrogens is 2. The summed E-state index contributed by atoms with van der Waals surface area (Å²) in [6.45, 7) is -0.578. The third-order valence-corrected chi connectivity index (χ3v) is 2.55. The lowest BCUT2D eigenvalue weighted by Gasteiger charge is -2.09. The highest BCUT2D eigenvalue weighted by molar-refractivity contribution is 5.16. The Balaban J connectivity index is 2.19. The molecule has 1 aromatic rings. The Labute approximate surface area is 94.2 Å². The lowest BCUT2D eigenvalue weighted by Crippen LogP contribution is -2.28. The van der Waals surface area contributed by atoms with Crippen molar-refractivity contribution in [1.82, 2.24) is 9.97 Å². The first-order chi connectivity index (χ1) is 8.04. The predicted octanol–water partition coefficient (Wildman–Crippen LogP) is -0.551. The largest absolute Gasteiger partial charge is 0.432 e. The summed E-state index contributed by atoms with van der Waals surface area (Å²) >= 11 is 0. The molecule has 8 nitrogen and oxygen atoms in total. The van der Waals surface area contributed by atoms with Gasteiger partial charge in [-0.15, -0.1) is 0 Å². The molecule has 1 aliphatic rings. The van der Waals surface area contributed by atoms with Gasteiger partial charge in [0.2, 0.25) is 0 Å². The first-order valence-corrected chi connectivity index (χ1v) is 4.82. The molecular formula is C8H10FN3O5. The average Bonchev–Trinajstić information content (AvgIpc) is 2.87. The molecule has 0 spiro atoms. The molecule has 0 aromatic carbocycles. The molecule has 1 fully saturated rings. The topological polar surface area (TPSA) is 122 Å². The number of nitrogens with zero attached hydrogens (tertiary/aromatic N) is 2. The molecule has 94 valence electrons. The molecule has 0 radical (unpaired) electrons. The van der Waals surface area contributed by atoms with Crippen molar-refractivity contribution in [3.8, 4) is 0 Å². The van der Waals surface area contributed by atoms with E-state index in [-0.39, 0.29) is 5.69 Å². The number of nitrogens with one attached hydrogen (secondary N) is 1. The summed E-state index contributed by atoms with van der Waals surface area (Å²) in [5.41, 5.74) is 0.0998. The van der Waals surface area contributed by atoms with Gasteiger partial charge in [0.15, 0.2) is 6.17 Å². The van der Waals surface area contributed by atoms with Crippen LogP contribution in [0.5, 0.6) is 0 Å². The third kappa shape index (κ3) is 1.99. The van der Waals surface area contributed by atoms with Crippen molar-refractivity contribution in [3.63, 3.8) is 0 Å². The number of imidazole rings is 1. The van der Waals surface area contributed by atoms with Gasteiger partial charge in [-0.05, 0) is 4.92 Å². The van der Waals surface area contributed by atoms with Gasteiger partial charge in [0, 0.05) is 0 Å². The zero-order valence-corrected chi connectivity index (χ0v) is 8.49. The van der Waals surface area contributed by atoms with Gasteiger partial charge in [-0.2, -0.15) is 0 Å². The van der Waals surface area contributed by atoms with Crippen LogP contribution in [0.1, 0.15) is 11.8 Å². The number of nitro groups is 1. The third-order valence-electron chi connectivity index (χ3n) is 2.55. The van der Waals surface area contributed by atoms with Crippen LogP contribution < -0.4 is 0 Å². The van der Waals surface area contributed by atoms with E-state index in [4.69, 9.17) is 9.84 Å². The van der Waals surface area contributed by atoms with Crippen LogP contribution in [0.15, 0.2) is 6.20 Å². The minimum atomic E-state index is -1.74. The fraction of sp³-hybridized carbons (Fsp3) is 0.625. The second kappa shape index (κ2) is 4.35. The van der Waals surface area contributed by atoms with Crippen molar-refractivity contribution in [2.24, 2.45) is 0 Å². The number of rotatable bonds is 3. The molecule has 0 saturated carbocycles. The van der Waals surface area contributed by atoms with Gasteiger partial charge in [0.05, 0.1) is 6.61 Å². The van der Waals surface area contributed by atoms with E-state index < -0.39 is 42.0 Å². The molecule has 2 rings (SSSR count). The van der Waals surface area contributed by atoms with Crippen molar-refractivity contribution in [1.29, 1.82) is 0 Å². The Bertz CT molecular complexity index is 425. The number of alkyl halides is 1. The summed E-state index contributed by atoms with van der Waals surface area (Å²) in [5.74, 6) is -0.515. The van der Waals surface area contributed by atoms with Crippen molar-refractivity contribution in [2.75, 3.05) is 6.61 Å². The summed E-state index contributed by atoms with van der Waals surface area (Å²) in [6, 6.07) is 0. The molecule has 0 unspecified atom stereocenters. The normalized spacial score (nSPS) is 32.9. The van der Waals surface area contributed by atoms with Gasteiger partial charge in [-0.25, -0.2) is 9.37 Å². The smallest absolute Gasteiger partial charge is 0.394 e. The number of halogens is 1. The van der Waals surface area contributed by atoms with E-state index >= 15 is 0 Å². The minimum Gasteiger partial charge on any atom is -0.394 e. The van der Waals surface area contributed by atoms with Crippen LogP contribution in [0.3, 0.4) is 0 Å². The highest BCUT2D eigenvalue weighted by atomic mass is 19.1. The quantitative estimate of drug-likeness (QED) is 0.486. The summed E-state index contributed by atoms with van der Waals surface area (Å²) in [7, 11) is 0. The monoisotopic (exact) mass is 247 g/mol. The maximum Gasteiger partial charge on any atom is 0.432 e. The Morgan fingerprint density at radius 3 is 2.88 bits per heavy atom. The fourth-order valence-corrected chi connectivity index (χ4v) is 1.69. The van der Waals surface area contributed by atoms with Crippen molar-refractivity contribution in [2.45, 2.75) is 24.5 Å². The van der Waals surface area contributed by atoms with Gasteiger partial charge < -0.3 is 25.1 Å². The second-order valence-electron chi connectivity index (χ2n) is 3.63. The first kappa shape index (κ1) is 11.9. The Hall–Kier alpha value is -1.58. The van der Waals surface area contributed by atoms with E-state index in [1.807, 2.05) is 0 Å². The van der Waals surface area contributed by atoms with E-state index in [0.29, 0.717) is 0 Å². The van der Waals surface area contributed by atoms with E-state index in [9.17, 15) is 19.6 Å². The predicted molar refractivity (Wildman–Crippen MR) is 50.8 cm³/mol. The number of hydrogen-bond acceptors (Lipinski definition) is 6. The van der Waals surface area contributed by atoms with Gasteiger partial charge in [0.25, 0.3) is 0 Å². The van der Waals surface area contributed by atoms with Crippen LogP contribution in [0.2, 0.25) is 0 Å². The molecule has 1 aliphatic heterocycles. The minimum absolute atomic E-state index is 0.0998. The summed E-state index contributed by atoms with van der Waals surface area (Å²) < 4.78 is 18.4. The number of ether oxygens (including phenoxy) is 1. The SMILES string of the molecule is O=[N+]([O-])c1ncc([C@@H]2O[C@H](CO)[C@@H](F)[C@@H]2O)[nH]1. The number of H-pyrrole nitrogens is 1. The van der Waals surface area contributed by atoms with E-state index in [1.165, 1.54) is 0 Å². The molecule has 1 aromatic heterocycles. The number of aromatic amines is 1. The first-order valence-electron chi connectivity index (χ1n) is 4.82. The van der Waals surface area contributed by atoms with Crippen LogP contribution in [0.25, 0.3) is 0 Å². The van der Waals surface area contributed by atoms with Crippen LogP contribution in [-0.2, 0) is 4.74 Å². The Morgan fingerprint density at radius 1 is 1.71 bits per heavy atom. The molecule has 3 N–H and O–H groups in total. The lowest BCUT2D eigenvalue weighted by atomic mass is 10.1. The fourth-order valence-electron chi connectivity index (χ4n) is 1.69. The number of aliphatic hydroxyl groups excluding tert-OH is 2. The molecule has 0 bridgehead atoms. The highest BCUT2D eigenvalue weighted by Crippen LogP contribution is 2.34. The van der Waals surface area contributed by atoms with E-state index in [2.05, 4.69) is 9.97 Å². The van der Waals surface area contributed by atoms with Crippen molar-refractivity contribution >= 4 is 5.95 Å². The summed E-state index contributed by atoms with van der Waals surface area (Å²) in [6.07, 6.45) is -4.38. The molecule has 1 saturated heterocycles. The van der Waals surface area contributed by atoms with Crippen LogP contribution >= 0.6 is 0 Å². The van der Waals surface area contributed by atoms with Gasteiger partial charge >= 0.3 is 5.95 Å². The van der Waals surface area contributed by atoms with Crippen LogP contribution in [0, 0.1) is 10.1 Å². The average molecular weight is 247 g/mol.